The fourth-order valence-electron chi connectivity index (χ4n) is 1.94. The lowest BCUT2D eigenvalue weighted by molar-refractivity contribution is 0.297. The summed E-state index contributed by atoms with van der Waals surface area (Å²) in [7, 11) is 7.86. The van der Waals surface area contributed by atoms with E-state index in [1.165, 1.54) is 5.56 Å². The molecule has 0 saturated heterocycles. The predicted octanol–water partition coefficient (Wildman–Crippen LogP) is 1.60. The van der Waals surface area contributed by atoms with Crippen molar-refractivity contribution in [3.05, 3.63) is 18.0 Å². The molecule has 6 nitrogen and oxygen atoms in total. The summed E-state index contributed by atoms with van der Waals surface area (Å²) in [5.41, 5.74) is 1.18. The summed E-state index contributed by atoms with van der Waals surface area (Å²) in [6, 6.07) is 0.252. The molecule has 0 aliphatic carbocycles. The van der Waals surface area contributed by atoms with Crippen LogP contribution in [-0.2, 0) is 7.05 Å². The lowest BCUT2D eigenvalue weighted by atomic mass is 10.1. The Bertz CT molecular complexity index is 447. The number of hydrogen-bond acceptors (Lipinski definition) is 3. The molecule has 1 aromatic heterocycles. The Kier molecular flexibility index (Phi) is 8.23. The minimum atomic E-state index is -0.0102. The van der Waals surface area contributed by atoms with E-state index in [1.807, 2.05) is 24.1 Å². The Morgan fingerprint density at radius 2 is 2.05 bits per heavy atom. The molecule has 1 atom stereocenters. The molecular formula is C14H29IN6. The molecule has 7 heteroatoms. The number of aliphatic imine (C=N–C) groups is 1. The van der Waals surface area contributed by atoms with Crippen LogP contribution in [0.1, 0.15) is 32.4 Å². The topological polar surface area (TPSA) is 57.5 Å². The summed E-state index contributed by atoms with van der Waals surface area (Å²) in [6.07, 6.45) is 3.96. The SMILES string of the molecule is CN=C(NCC(c1cnn(C)c1)N(C)C)NC(C)(C)C.I. The van der Waals surface area contributed by atoms with Gasteiger partial charge in [0.1, 0.15) is 0 Å². The van der Waals surface area contributed by atoms with Gasteiger partial charge in [-0.3, -0.25) is 9.67 Å². The van der Waals surface area contributed by atoms with E-state index in [4.69, 9.17) is 0 Å². The molecule has 0 fully saturated rings. The molecule has 0 bridgehead atoms. The van der Waals surface area contributed by atoms with Crippen molar-refractivity contribution in [1.29, 1.82) is 0 Å². The second-order valence-corrected chi connectivity index (χ2v) is 6.25. The van der Waals surface area contributed by atoms with Crippen LogP contribution in [-0.4, -0.2) is 53.9 Å². The third kappa shape index (κ3) is 7.12. The quantitative estimate of drug-likeness (QED) is 0.452. The number of likely N-dealkylation sites (N-methyl/N-ethyl adjacent to an activating group) is 1. The van der Waals surface area contributed by atoms with Gasteiger partial charge in [0.25, 0.3) is 0 Å². The largest absolute Gasteiger partial charge is 0.354 e. The zero-order valence-electron chi connectivity index (χ0n) is 14.1. The van der Waals surface area contributed by atoms with Gasteiger partial charge in [-0.25, -0.2) is 0 Å². The number of nitrogens with one attached hydrogen (secondary N) is 2. The van der Waals surface area contributed by atoms with E-state index < -0.39 is 0 Å². The van der Waals surface area contributed by atoms with E-state index in [2.05, 4.69) is 60.5 Å². The second-order valence-electron chi connectivity index (χ2n) is 6.25. The van der Waals surface area contributed by atoms with Crippen LogP contribution in [0.3, 0.4) is 0 Å². The number of rotatable bonds is 4. The van der Waals surface area contributed by atoms with Crippen LogP contribution in [0.25, 0.3) is 0 Å². The van der Waals surface area contributed by atoms with Gasteiger partial charge in [-0.2, -0.15) is 5.10 Å². The minimum absolute atomic E-state index is 0. The summed E-state index contributed by atoms with van der Waals surface area (Å²) in [5.74, 6) is 0.813. The fraction of sp³-hybridized carbons (Fsp3) is 0.714. The van der Waals surface area contributed by atoms with E-state index in [1.54, 1.807) is 7.05 Å². The average molecular weight is 408 g/mol. The third-order valence-electron chi connectivity index (χ3n) is 2.91. The number of nitrogens with zero attached hydrogens (tertiary/aromatic N) is 4. The van der Waals surface area contributed by atoms with E-state index in [0.717, 1.165) is 12.5 Å². The number of hydrogen-bond donors (Lipinski definition) is 2. The van der Waals surface area contributed by atoms with E-state index in [9.17, 15) is 0 Å². The van der Waals surface area contributed by atoms with Crippen LogP contribution in [0.2, 0.25) is 0 Å². The zero-order valence-corrected chi connectivity index (χ0v) is 16.5. The van der Waals surface area contributed by atoms with Gasteiger partial charge < -0.3 is 15.5 Å². The molecule has 0 radical (unpaired) electrons. The zero-order chi connectivity index (χ0) is 15.3. The van der Waals surface area contributed by atoms with Gasteiger partial charge in [-0.1, -0.05) is 0 Å². The Balaban J connectivity index is 0.00000400. The smallest absolute Gasteiger partial charge is 0.191 e. The van der Waals surface area contributed by atoms with Crippen molar-refractivity contribution in [2.75, 3.05) is 27.7 Å². The van der Waals surface area contributed by atoms with Gasteiger partial charge in [0.15, 0.2) is 5.96 Å². The molecule has 1 unspecified atom stereocenters. The molecule has 21 heavy (non-hydrogen) atoms. The van der Waals surface area contributed by atoms with Crippen LogP contribution in [0.15, 0.2) is 17.4 Å². The number of guanidine groups is 1. The van der Waals surface area contributed by atoms with Crippen LogP contribution < -0.4 is 10.6 Å². The molecule has 1 aromatic rings. The summed E-state index contributed by atoms with van der Waals surface area (Å²) in [6.45, 7) is 7.12. The first kappa shape index (κ1) is 20.2. The Labute approximate surface area is 145 Å². The highest BCUT2D eigenvalue weighted by Gasteiger charge is 2.17. The van der Waals surface area contributed by atoms with Gasteiger partial charge in [0.2, 0.25) is 0 Å². The maximum Gasteiger partial charge on any atom is 0.191 e. The standard InChI is InChI=1S/C14H28N6.HI/c1-14(2,3)18-13(15-4)16-9-12(19(5)6)11-8-17-20(7)10-11;/h8,10,12H,9H2,1-7H3,(H2,15,16,18);1H. The van der Waals surface area contributed by atoms with Crippen molar-refractivity contribution < 1.29 is 0 Å². The highest BCUT2D eigenvalue weighted by Crippen LogP contribution is 2.16. The lowest BCUT2D eigenvalue weighted by Gasteiger charge is -2.27. The lowest BCUT2D eigenvalue weighted by Crippen LogP contribution is -2.49. The number of halogens is 1. The van der Waals surface area contributed by atoms with Crippen molar-refractivity contribution in [3.63, 3.8) is 0 Å². The van der Waals surface area contributed by atoms with Gasteiger partial charge in [-0.15, -0.1) is 24.0 Å². The van der Waals surface area contributed by atoms with E-state index in [-0.39, 0.29) is 35.6 Å². The van der Waals surface area contributed by atoms with Gasteiger partial charge in [-0.05, 0) is 34.9 Å². The maximum absolute atomic E-state index is 4.26. The normalized spacial score (nSPS) is 13.8. The molecule has 0 aromatic carbocycles. The van der Waals surface area contributed by atoms with Crippen LogP contribution in [0, 0.1) is 0 Å². The van der Waals surface area contributed by atoms with E-state index in [0.29, 0.717) is 0 Å². The van der Waals surface area contributed by atoms with Crippen LogP contribution in [0.4, 0.5) is 0 Å². The average Bonchev–Trinajstić information content (AvgIpc) is 2.72. The molecule has 0 spiro atoms. The molecule has 0 amide bonds. The molecule has 0 aliphatic rings. The van der Waals surface area contributed by atoms with Crippen LogP contribution >= 0.6 is 24.0 Å². The molecule has 1 rings (SSSR count). The van der Waals surface area contributed by atoms with Crippen molar-refractivity contribution in [2.24, 2.45) is 12.0 Å². The van der Waals surface area contributed by atoms with Crippen molar-refractivity contribution >= 4 is 29.9 Å². The molecule has 122 valence electrons. The first-order valence-electron chi connectivity index (χ1n) is 6.86. The first-order chi connectivity index (χ1) is 9.23. The maximum atomic E-state index is 4.26. The molecule has 0 aliphatic heterocycles. The number of aromatic nitrogens is 2. The summed E-state index contributed by atoms with van der Waals surface area (Å²) >= 11 is 0. The molecule has 2 N–H and O–H groups in total. The second kappa shape index (κ2) is 8.57. The van der Waals surface area contributed by atoms with Crippen molar-refractivity contribution in [3.8, 4) is 0 Å². The summed E-state index contributed by atoms with van der Waals surface area (Å²) in [4.78, 5) is 6.43. The van der Waals surface area contributed by atoms with Crippen LogP contribution in [0.5, 0.6) is 0 Å². The number of aryl methyl sites for hydroxylation is 1. The minimum Gasteiger partial charge on any atom is -0.354 e. The summed E-state index contributed by atoms with van der Waals surface area (Å²) in [5, 5.41) is 11.0. The molecule has 0 saturated carbocycles. The first-order valence-corrected chi connectivity index (χ1v) is 6.86. The van der Waals surface area contributed by atoms with Crippen molar-refractivity contribution in [1.82, 2.24) is 25.3 Å². The van der Waals surface area contributed by atoms with Gasteiger partial charge in [0, 0.05) is 37.9 Å². The van der Waals surface area contributed by atoms with Gasteiger partial charge >= 0.3 is 0 Å². The monoisotopic (exact) mass is 408 g/mol. The Morgan fingerprint density at radius 1 is 1.43 bits per heavy atom. The molecular weight excluding hydrogens is 379 g/mol. The van der Waals surface area contributed by atoms with E-state index >= 15 is 0 Å². The fourth-order valence-corrected chi connectivity index (χ4v) is 1.94. The van der Waals surface area contributed by atoms with Crippen molar-refractivity contribution in [2.45, 2.75) is 32.4 Å². The third-order valence-corrected chi connectivity index (χ3v) is 2.91. The Morgan fingerprint density at radius 3 is 2.43 bits per heavy atom. The predicted molar refractivity (Wildman–Crippen MR) is 99.3 cm³/mol. The highest BCUT2D eigenvalue weighted by atomic mass is 127. The Hall–Kier alpha value is -0.830. The summed E-state index contributed by atoms with van der Waals surface area (Å²) < 4.78 is 1.83. The van der Waals surface area contributed by atoms with Gasteiger partial charge in [0.05, 0.1) is 12.2 Å². The highest BCUT2D eigenvalue weighted by molar-refractivity contribution is 14.0. The molecule has 1 heterocycles.